The highest BCUT2D eigenvalue weighted by atomic mass is 16.2. The lowest BCUT2D eigenvalue weighted by atomic mass is 10.1. The predicted octanol–water partition coefficient (Wildman–Crippen LogP) is 3.81. The van der Waals surface area contributed by atoms with E-state index in [1.165, 1.54) is 4.52 Å². The van der Waals surface area contributed by atoms with E-state index in [9.17, 15) is 9.59 Å². The molecule has 0 aliphatic carbocycles. The van der Waals surface area contributed by atoms with Gasteiger partial charge in [-0.25, -0.2) is 4.52 Å². The number of rotatable bonds is 0. The van der Waals surface area contributed by atoms with Gasteiger partial charge in [0.1, 0.15) is 0 Å². The van der Waals surface area contributed by atoms with Gasteiger partial charge in [-0.05, 0) is 22.9 Å². The molecule has 0 radical (unpaired) electrons. The van der Waals surface area contributed by atoms with Gasteiger partial charge in [-0.3, -0.25) is 9.59 Å². The van der Waals surface area contributed by atoms with Crippen LogP contribution in [0.5, 0.6) is 0 Å². The zero-order valence-electron chi connectivity index (χ0n) is 13.6. The Hall–Kier alpha value is -3.66. The van der Waals surface area contributed by atoms with Crippen molar-refractivity contribution in [3.63, 3.8) is 0 Å². The molecule has 4 aromatic carbocycles. The van der Waals surface area contributed by atoms with Crippen LogP contribution in [0.25, 0.3) is 43.4 Å². The van der Waals surface area contributed by atoms with Crippen LogP contribution in [0.2, 0.25) is 0 Å². The van der Waals surface area contributed by atoms with Crippen LogP contribution in [0, 0.1) is 0 Å². The van der Waals surface area contributed by atoms with E-state index in [2.05, 4.69) is 0 Å². The fraction of sp³-hybridized carbons (Fsp3) is 0. The molecule has 2 aromatic heterocycles. The standard InChI is InChI=1S/C22H12N2O2/c25-21-17-11-9-13-5-1-3-7-15(13)19(17)23-20-16-8-4-2-6-14(16)10-12-18(20)22(26)24(21)23/h1-12H. The van der Waals surface area contributed by atoms with E-state index in [1.54, 1.807) is 4.52 Å². The molecule has 0 fully saturated rings. The minimum absolute atomic E-state index is 0.268. The third-order valence-electron chi connectivity index (χ3n) is 5.27. The first-order chi connectivity index (χ1) is 12.8. The smallest absolute Gasteiger partial charge is 0.267 e. The van der Waals surface area contributed by atoms with Crippen LogP contribution in [-0.4, -0.2) is 9.03 Å². The lowest BCUT2D eigenvalue weighted by Crippen LogP contribution is -2.21. The minimum Gasteiger partial charge on any atom is -0.267 e. The summed E-state index contributed by atoms with van der Waals surface area (Å²) in [6.07, 6.45) is 0. The normalized spacial score (nSPS) is 12.2. The van der Waals surface area contributed by atoms with Crippen LogP contribution in [0.15, 0.2) is 82.4 Å². The fourth-order valence-electron chi connectivity index (χ4n) is 4.13. The van der Waals surface area contributed by atoms with Crippen LogP contribution in [0.4, 0.5) is 0 Å². The molecule has 0 spiro atoms. The van der Waals surface area contributed by atoms with Gasteiger partial charge in [-0.2, -0.15) is 4.52 Å². The monoisotopic (exact) mass is 336 g/mol. The molecule has 0 amide bonds. The number of hydrogen-bond acceptors (Lipinski definition) is 2. The highest BCUT2D eigenvalue weighted by Gasteiger charge is 2.20. The van der Waals surface area contributed by atoms with Crippen LogP contribution in [-0.2, 0) is 0 Å². The maximum atomic E-state index is 13.0. The average Bonchev–Trinajstić information content (AvgIpc) is 3.15. The summed E-state index contributed by atoms with van der Waals surface area (Å²) in [6.45, 7) is 0. The molecule has 0 saturated heterocycles. The summed E-state index contributed by atoms with van der Waals surface area (Å²) >= 11 is 0. The van der Waals surface area contributed by atoms with E-state index in [-0.39, 0.29) is 11.1 Å². The first-order valence-corrected chi connectivity index (χ1v) is 8.48. The van der Waals surface area contributed by atoms with Crippen molar-refractivity contribution in [2.24, 2.45) is 0 Å². The van der Waals surface area contributed by atoms with Crippen LogP contribution in [0.1, 0.15) is 0 Å². The van der Waals surface area contributed by atoms with Gasteiger partial charge in [-0.15, -0.1) is 0 Å². The largest absolute Gasteiger partial charge is 0.282 e. The minimum atomic E-state index is -0.268. The van der Waals surface area contributed by atoms with E-state index in [0.29, 0.717) is 10.8 Å². The van der Waals surface area contributed by atoms with Crippen molar-refractivity contribution in [2.75, 3.05) is 0 Å². The summed E-state index contributed by atoms with van der Waals surface area (Å²) in [7, 11) is 0. The Morgan fingerprint density at radius 1 is 0.462 bits per heavy atom. The highest BCUT2D eigenvalue weighted by molar-refractivity contribution is 6.11. The third kappa shape index (κ3) is 1.45. The summed E-state index contributed by atoms with van der Waals surface area (Å²) in [4.78, 5) is 26.0. The second-order valence-electron chi connectivity index (χ2n) is 6.60. The predicted molar refractivity (Wildman–Crippen MR) is 105 cm³/mol. The molecule has 0 saturated carbocycles. The van der Waals surface area contributed by atoms with Crippen molar-refractivity contribution in [2.45, 2.75) is 0 Å². The zero-order chi connectivity index (χ0) is 17.4. The van der Waals surface area contributed by atoms with Crippen molar-refractivity contribution in [1.29, 1.82) is 0 Å². The van der Waals surface area contributed by atoms with Crippen LogP contribution >= 0.6 is 0 Å². The summed E-state index contributed by atoms with van der Waals surface area (Å²) < 4.78 is 3.08. The molecule has 26 heavy (non-hydrogen) atoms. The Balaban J connectivity index is 2.09. The molecule has 0 bridgehead atoms. The van der Waals surface area contributed by atoms with Gasteiger partial charge in [0.15, 0.2) is 0 Å². The van der Waals surface area contributed by atoms with Gasteiger partial charge in [0.2, 0.25) is 0 Å². The van der Waals surface area contributed by atoms with E-state index < -0.39 is 0 Å². The summed E-state index contributed by atoms with van der Waals surface area (Å²) in [5.41, 5.74) is 1.04. The molecule has 4 heteroatoms. The molecule has 122 valence electrons. The lowest BCUT2D eigenvalue weighted by Gasteiger charge is -2.03. The number of hydrogen-bond donors (Lipinski definition) is 0. The van der Waals surface area contributed by atoms with Crippen LogP contribution < -0.4 is 11.1 Å². The van der Waals surface area contributed by atoms with Crippen LogP contribution in [0.3, 0.4) is 0 Å². The maximum absolute atomic E-state index is 13.0. The second kappa shape index (κ2) is 4.49. The summed E-state index contributed by atoms with van der Waals surface area (Å²) in [6, 6.07) is 23.4. The molecule has 6 aromatic rings. The van der Waals surface area contributed by atoms with Gasteiger partial charge < -0.3 is 0 Å². The van der Waals surface area contributed by atoms with Crippen molar-refractivity contribution in [3.05, 3.63) is 93.5 Å². The molecule has 0 atom stereocenters. The van der Waals surface area contributed by atoms with Crippen molar-refractivity contribution >= 4 is 43.4 Å². The molecule has 4 nitrogen and oxygen atoms in total. The SMILES string of the molecule is O=c1c2ccc3ccccc3c2n2c3c(ccc4ccccc43)c(=O)n12. The molecule has 0 N–H and O–H groups in total. The molecule has 2 heterocycles. The first-order valence-electron chi connectivity index (χ1n) is 8.48. The Morgan fingerprint density at radius 2 is 0.923 bits per heavy atom. The maximum Gasteiger partial charge on any atom is 0.282 e. The summed E-state index contributed by atoms with van der Waals surface area (Å²) in [5, 5.41) is 5.15. The van der Waals surface area contributed by atoms with Crippen molar-refractivity contribution < 1.29 is 0 Å². The van der Waals surface area contributed by atoms with Crippen molar-refractivity contribution in [3.8, 4) is 0 Å². The van der Waals surface area contributed by atoms with Crippen molar-refractivity contribution in [1.82, 2.24) is 9.03 Å². The average molecular weight is 336 g/mol. The third-order valence-corrected chi connectivity index (χ3v) is 5.27. The molecular formula is C22H12N2O2. The van der Waals surface area contributed by atoms with Gasteiger partial charge in [0.05, 0.1) is 21.8 Å². The molecule has 0 aliphatic rings. The van der Waals surface area contributed by atoms with Gasteiger partial charge in [0, 0.05) is 10.8 Å². The molecular weight excluding hydrogens is 324 g/mol. The Morgan fingerprint density at radius 3 is 1.42 bits per heavy atom. The second-order valence-corrected chi connectivity index (χ2v) is 6.60. The number of nitrogens with zero attached hydrogens (tertiary/aromatic N) is 2. The van der Waals surface area contributed by atoms with Gasteiger partial charge >= 0.3 is 0 Å². The van der Waals surface area contributed by atoms with E-state index in [1.807, 2.05) is 72.8 Å². The van der Waals surface area contributed by atoms with E-state index >= 15 is 0 Å². The summed E-state index contributed by atoms with van der Waals surface area (Å²) in [5.74, 6) is 0. The fourth-order valence-corrected chi connectivity index (χ4v) is 4.13. The van der Waals surface area contributed by atoms with E-state index in [4.69, 9.17) is 0 Å². The number of benzene rings is 4. The first kappa shape index (κ1) is 13.6. The number of aromatic nitrogens is 2. The lowest BCUT2D eigenvalue weighted by molar-refractivity contribution is 0.844. The zero-order valence-corrected chi connectivity index (χ0v) is 13.6. The molecule has 0 unspecified atom stereocenters. The molecule has 6 rings (SSSR count). The van der Waals surface area contributed by atoms with Gasteiger partial charge in [-0.1, -0.05) is 60.7 Å². The highest BCUT2D eigenvalue weighted by Crippen LogP contribution is 2.29. The molecule has 0 aliphatic heterocycles. The Kier molecular flexibility index (Phi) is 2.35. The van der Waals surface area contributed by atoms with Gasteiger partial charge in [0.25, 0.3) is 11.1 Å². The number of fused-ring (bicyclic) bond motifs is 9. The van der Waals surface area contributed by atoms with E-state index in [0.717, 1.165) is 32.6 Å². The topological polar surface area (TPSA) is 43.0 Å². The quantitative estimate of drug-likeness (QED) is 0.423. The Labute approximate surface area is 146 Å². The Bertz CT molecular complexity index is 1500.